The molecule has 1 heterocycles. The number of hydrazone groups is 1. The number of hydrogen-bond acceptors (Lipinski definition) is 4. The lowest BCUT2D eigenvalue weighted by atomic mass is 10.1. The van der Waals surface area contributed by atoms with Crippen molar-refractivity contribution < 1.29 is 15.0 Å². The number of nitrogens with zero attached hydrogens (tertiary/aromatic N) is 2. The van der Waals surface area contributed by atoms with E-state index >= 15 is 0 Å². The van der Waals surface area contributed by atoms with E-state index in [-0.39, 0.29) is 6.42 Å². The molecule has 0 amide bonds. The number of aliphatic carboxylic acids is 1. The number of aliphatic hydroxyl groups is 1. The normalized spacial score (nSPS) is 29.9. The molecule has 12 heavy (non-hydrogen) atoms. The van der Waals surface area contributed by atoms with Crippen molar-refractivity contribution >= 4 is 12.3 Å². The Morgan fingerprint density at radius 1 is 1.75 bits per heavy atom. The van der Waals surface area contributed by atoms with Gasteiger partial charge in [-0.05, 0) is 6.42 Å². The quantitative estimate of drug-likeness (QED) is 0.210. The van der Waals surface area contributed by atoms with E-state index in [4.69, 9.17) is 10.9 Å². The smallest absolute Gasteiger partial charge is 0.357 e. The Balaban J connectivity index is 2.81. The van der Waals surface area contributed by atoms with Crippen molar-refractivity contribution in [2.45, 2.75) is 18.6 Å². The van der Waals surface area contributed by atoms with Gasteiger partial charge in [0.2, 0.25) is 5.72 Å². The van der Waals surface area contributed by atoms with Gasteiger partial charge in [-0.2, -0.15) is 5.10 Å². The molecule has 4 N–H and O–H groups in total. The lowest BCUT2D eigenvalue weighted by Crippen LogP contribution is -2.49. The van der Waals surface area contributed by atoms with Gasteiger partial charge in [0.15, 0.2) is 0 Å². The molecule has 0 aromatic heterocycles. The van der Waals surface area contributed by atoms with Crippen LogP contribution < -0.4 is 5.84 Å². The standard InChI is InChI=1S/C6H11N3O3/c7-8-4-9-3-1-2-6(9,12)5(10)11/h4,12H,1-3,7H2,(H,10,11)/t6-/m1/s1. The first-order chi connectivity index (χ1) is 5.61. The van der Waals surface area contributed by atoms with Crippen LogP contribution in [0.2, 0.25) is 0 Å². The van der Waals surface area contributed by atoms with Gasteiger partial charge in [-0.25, -0.2) is 4.79 Å². The minimum Gasteiger partial charge on any atom is -0.478 e. The van der Waals surface area contributed by atoms with E-state index in [2.05, 4.69) is 5.10 Å². The molecule has 1 aliphatic heterocycles. The van der Waals surface area contributed by atoms with Crippen molar-refractivity contribution in [3.8, 4) is 0 Å². The van der Waals surface area contributed by atoms with E-state index in [0.717, 1.165) is 6.34 Å². The van der Waals surface area contributed by atoms with E-state index in [9.17, 15) is 9.90 Å². The summed E-state index contributed by atoms with van der Waals surface area (Å²) in [6.07, 6.45) is 1.96. The zero-order valence-corrected chi connectivity index (χ0v) is 6.47. The average molecular weight is 173 g/mol. The van der Waals surface area contributed by atoms with E-state index in [1.807, 2.05) is 0 Å². The first kappa shape index (κ1) is 8.79. The summed E-state index contributed by atoms with van der Waals surface area (Å²) < 4.78 is 0. The maximum absolute atomic E-state index is 10.6. The predicted octanol–water partition coefficient (Wildman–Crippen LogP) is -1.24. The molecule has 1 atom stereocenters. The molecular formula is C6H11N3O3. The highest BCUT2D eigenvalue weighted by atomic mass is 16.4. The minimum atomic E-state index is -1.82. The van der Waals surface area contributed by atoms with Crippen LogP contribution in [-0.2, 0) is 4.79 Å². The Bertz CT molecular complexity index is 218. The van der Waals surface area contributed by atoms with Gasteiger partial charge in [0.05, 0.1) is 0 Å². The van der Waals surface area contributed by atoms with Crippen molar-refractivity contribution in [1.29, 1.82) is 0 Å². The van der Waals surface area contributed by atoms with Crippen LogP contribution in [0.1, 0.15) is 12.8 Å². The molecule has 6 heteroatoms. The summed E-state index contributed by atoms with van der Waals surface area (Å²) in [5.74, 6) is 3.59. The Labute approximate surface area is 69.3 Å². The van der Waals surface area contributed by atoms with Crippen LogP contribution in [0.4, 0.5) is 0 Å². The molecule has 0 radical (unpaired) electrons. The van der Waals surface area contributed by atoms with Crippen LogP contribution in [0.3, 0.4) is 0 Å². The van der Waals surface area contributed by atoms with E-state index < -0.39 is 11.7 Å². The number of nitrogens with two attached hydrogens (primary N) is 1. The number of likely N-dealkylation sites (tertiary alicyclic amines) is 1. The summed E-state index contributed by atoms with van der Waals surface area (Å²) >= 11 is 0. The van der Waals surface area contributed by atoms with Crippen LogP contribution >= 0.6 is 0 Å². The Hall–Kier alpha value is -1.30. The van der Waals surface area contributed by atoms with E-state index in [1.165, 1.54) is 4.90 Å². The van der Waals surface area contributed by atoms with Gasteiger partial charge in [-0.3, -0.25) is 0 Å². The Kier molecular flexibility index (Phi) is 2.18. The van der Waals surface area contributed by atoms with Crippen molar-refractivity contribution in [3.05, 3.63) is 0 Å². The van der Waals surface area contributed by atoms with Crippen molar-refractivity contribution in [3.63, 3.8) is 0 Å². The largest absolute Gasteiger partial charge is 0.478 e. The second-order valence-electron chi connectivity index (χ2n) is 2.68. The first-order valence-electron chi connectivity index (χ1n) is 3.57. The highest BCUT2D eigenvalue weighted by Crippen LogP contribution is 2.25. The summed E-state index contributed by atoms with van der Waals surface area (Å²) in [6, 6.07) is 0. The molecule has 0 saturated carbocycles. The first-order valence-corrected chi connectivity index (χ1v) is 3.57. The highest BCUT2D eigenvalue weighted by molar-refractivity contribution is 5.80. The maximum Gasteiger partial charge on any atom is 0.357 e. The third-order valence-electron chi connectivity index (χ3n) is 1.95. The van der Waals surface area contributed by atoms with Crippen LogP contribution in [0.15, 0.2) is 5.10 Å². The molecule has 68 valence electrons. The monoisotopic (exact) mass is 173 g/mol. The molecule has 1 saturated heterocycles. The number of carboxylic acids is 1. The number of carboxylic acid groups (broad SMARTS) is 1. The molecule has 1 aliphatic rings. The summed E-state index contributed by atoms with van der Waals surface area (Å²) in [4.78, 5) is 11.8. The molecule has 1 rings (SSSR count). The fourth-order valence-electron chi connectivity index (χ4n) is 1.29. The SMILES string of the molecule is NN=CN1CCC[C@@]1(O)C(=O)O. The van der Waals surface area contributed by atoms with Gasteiger partial charge in [0, 0.05) is 13.0 Å². The van der Waals surface area contributed by atoms with E-state index in [1.54, 1.807) is 0 Å². The van der Waals surface area contributed by atoms with Gasteiger partial charge in [0.25, 0.3) is 0 Å². The fourth-order valence-corrected chi connectivity index (χ4v) is 1.29. The average Bonchev–Trinajstić information content (AvgIpc) is 2.35. The third kappa shape index (κ3) is 1.20. The van der Waals surface area contributed by atoms with Gasteiger partial charge >= 0.3 is 5.97 Å². The topological polar surface area (TPSA) is 99.1 Å². The van der Waals surface area contributed by atoms with Crippen LogP contribution in [0.25, 0.3) is 0 Å². The third-order valence-corrected chi connectivity index (χ3v) is 1.95. The minimum absolute atomic E-state index is 0.203. The number of carbonyl (C=O) groups is 1. The van der Waals surface area contributed by atoms with E-state index in [0.29, 0.717) is 13.0 Å². The highest BCUT2D eigenvalue weighted by Gasteiger charge is 2.45. The summed E-state index contributed by atoms with van der Waals surface area (Å²) in [6.45, 7) is 0.462. The van der Waals surface area contributed by atoms with Crippen molar-refractivity contribution in [1.82, 2.24) is 4.90 Å². The van der Waals surface area contributed by atoms with Crippen molar-refractivity contribution in [2.75, 3.05) is 6.54 Å². The molecule has 0 unspecified atom stereocenters. The van der Waals surface area contributed by atoms with Gasteiger partial charge < -0.3 is 21.0 Å². The second-order valence-corrected chi connectivity index (χ2v) is 2.68. The lowest BCUT2D eigenvalue weighted by molar-refractivity contribution is -0.169. The number of hydrogen-bond donors (Lipinski definition) is 3. The second kappa shape index (κ2) is 2.98. The molecular weight excluding hydrogens is 162 g/mol. The molecule has 1 fully saturated rings. The summed E-state index contributed by atoms with van der Waals surface area (Å²) in [5.41, 5.74) is -1.82. The number of rotatable bonds is 2. The van der Waals surface area contributed by atoms with Crippen LogP contribution in [-0.4, -0.2) is 39.7 Å². The zero-order chi connectivity index (χ0) is 9.19. The predicted molar refractivity (Wildman–Crippen MR) is 41.2 cm³/mol. The van der Waals surface area contributed by atoms with Gasteiger partial charge in [0.1, 0.15) is 6.34 Å². The van der Waals surface area contributed by atoms with Gasteiger partial charge in [-0.1, -0.05) is 0 Å². The zero-order valence-electron chi connectivity index (χ0n) is 6.47. The molecule has 0 aromatic rings. The molecule has 0 aliphatic carbocycles. The maximum atomic E-state index is 10.6. The van der Waals surface area contributed by atoms with Gasteiger partial charge in [-0.15, -0.1) is 0 Å². The lowest BCUT2D eigenvalue weighted by Gasteiger charge is -2.26. The fraction of sp³-hybridized carbons (Fsp3) is 0.667. The van der Waals surface area contributed by atoms with Crippen LogP contribution in [0, 0.1) is 0 Å². The Morgan fingerprint density at radius 3 is 2.92 bits per heavy atom. The molecule has 0 spiro atoms. The Morgan fingerprint density at radius 2 is 2.42 bits per heavy atom. The van der Waals surface area contributed by atoms with Crippen molar-refractivity contribution in [2.24, 2.45) is 10.9 Å². The molecule has 0 aromatic carbocycles. The summed E-state index contributed by atoms with van der Waals surface area (Å²) in [7, 11) is 0. The molecule has 0 bridgehead atoms. The van der Waals surface area contributed by atoms with Crippen LogP contribution in [0.5, 0.6) is 0 Å². The molecule has 6 nitrogen and oxygen atoms in total. The summed E-state index contributed by atoms with van der Waals surface area (Å²) in [5, 5.41) is 21.4.